The van der Waals surface area contributed by atoms with E-state index in [1.165, 1.54) is 6.33 Å². The van der Waals surface area contributed by atoms with Crippen LogP contribution in [0.3, 0.4) is 0 Å². The lowest BCUT2D eigenvalue weighted by atomic mass is 10.3. The summed E-state index contributed by atoms with van der Waals surface area (Å²) >= 11 is 0. The van der Waals surface area contributed by atoms with E-state index < -0.39 is 0 Å². The summed E-state index contributed by atoms with van der Waals surface area (Å²) in [5.74, 6) is 1.40. The zero-order valence-corrected chi connectivity index (χ0v) is 11.2. The van der Waals surface area contributed by atoms with Gasteiger partial charge in [-0.15, -0.1) is 0 Å². The highest BCUT2D eigenvalue weighted by molar-refractivity contribution is 5.47. The van der Waals surface area contributed by atoms with Crippen LogP contribution in [-0.4, -0.2) is 50.1 Å². The van der Waals surface area contributed by atoms with E-state index in [0.717, 1.165) is 11.4 Å². The van der Waals surface area contributed by atoms with Crippen molar-refractivity contribution in [1.29, 1.82) is 0 Å². The standard InChI is InChI=1S/C12H21N3O3/c1-4-18-12-10(2)11(14-9-15-12)13-5-6-17-8-7-16-3/h9H,4-8H2,1-3H3,(H,13,14,15). The van der Waals surface area contributed by atoms with Gasteiger partial charge in [-0.2, -0.15) is 0 Å². The van der Waals surface area contributed by atoms with Crippen LogP contribution in [0.25, 0.3) is 0 Å². The van der Waals surface area contributed by atoms with Gasteiger partial charge in [0.25, 0.3) is 0 Å². The number of hydrogen-bond donors (Lipinski definition) is 1. The van der Waals surface area contributed by atoms with Gasteiger partial charge < -0.3 is 19.5 Å². The lowest BCUT2D eigenvalue weighted by molar-refractivity contribution is 0.0759. The molecule has 1 heterocycles. The summed E-state index contributed by atoms with van der Waals surface area (Å²) in [4.78, 5) is 8.25. The van der Waals surface area contributed by atoms with Gasteiger partial charge in [0.15, 0.2) is 0 Å². The molecule has 0 saturated carbocycles. The zero-order chi connectivity index (χ0) is 13.2. The van der Waals surface area contributed by atoms with Crippen LogP contribution in [0.15, 0.2) is 6.33 Å². The summed E-state index contributed by atoms with van der Waals surface area (Å²) < 4.78 is 15.6. The molecule has 6 heteroatoms. The Bertz CT molecular complexity index is 347. The van der Waals surface area contributed by atoms with Gasteiger partial charge in [-0.25, -0.2) is 9.97 Å². The van der Waals surface area contributed by atoms with Crippen molar-refractivity contribution in [3.05, 3.63) is 11.9 Å². The smallest absolute Gasteiger partial charge is 0.221 e. The Morgan fingerprint density at radius 1 is 1.22 bits per heavy atom. The maximum atomic E-state index is 5.40. The summed E-state index contributed by atoms with van der Waals surface area (Å²) in [6.45, 7) is 6.96. The first kappa shape index (κ1) is 14.7. The van der Waals surface area contributed by atoms with Gasteiger partial charge in [-0.05, 0) is 13.8 Å². The van der Waals surface area contributed by atoms with Gasteiger partial charge in [0.1, 0.15) is 12.1 Å². The van der Waals surface area contributed by atoms with Crippen molar-refractivity contribution >= 4 is 5.82 Å². The molecule has 0 bridgehead atoms. The predicted octanol–water partition coefficient (Wildman–Crippen LogP) is 1.26. The molecule has 0 amide bonds. The van der Waals surface area contributed by atoms with Crippen molar-refractivity contribution in [2.45, 2.75) is 13.8 Å². The van der Waals surface area contributed by atoms with Crippen LogP contribution >= 0.6 is 0 Å². The maximum absolute atomic E-state index is 5.40. The van der Waals surface area contributed by atoms with Gasteiger partial charge in [0.2, 0.25) is 5.88 Å². The normalized spacial score (nSPS) is 10.4. The number of anilines is 1. The molecule has 0 spiro atoms. The third-order valence-corrected chi connectivity index (χ3v) is 2.29. The minimum Gasteiger partial charge on any atom is -0.478 e. The van der Waals surface area contributed by atoms with Gasteiger partial charge in [0.05, 0.1) is 32.0 Å². The van der Waals surface area contributed by atoms with Crippen molar-refractivity contribution in [3.8, 4) is 5.88 Å². The number of nitrogens with one attached hydrogen (secondary N) is 1. The summed E-state index contributed by atoms with van der Waals surface area (Å²) in [6, 6.07) is 0. The predicted molar refractivity (Wildman–Crippen MR) is 69.1 cm³/mol. The molecule has 1 N–H and O–H groups in total. The Labute approximate surface area is 108 Å². The average Bonchev–Trinajstić information content (AvgIpc) is 2.38. The fourth-order valence-electron chi connectivity index (χ4n) is 1.38. The summed E-state index contributed by atoms with van der Waals surface area (Å²) in [5.41, 5.74) is 0.913. The number of aromatic nitrogens is 2. The molecule has 0 atom stereocenters. The highest BCUT2D eigenvalue weighted by Crippen LogP contribution is 2.19. The van der Waals surface area contributed by atoms with Gasteiger partial charge >= 0.3 is 0 Å². The fraction of sp³-hybridized carbons (Fsp3) is 0.667. The number of nitrogens with zero attached hydrogens (tertiary/aromatic N) is 2. The lowest BCUT2D eigenvalue weighted by Crippen LogP contribution is -2.14. The van der Waals surface area contributed by atoms with E-state index >= 15 is 0 Å². The zero-order valence-electron chi connectivity index (χ0n) is 11.2. The molecule has 6 nitrogen and oxygen atoms in total. The van der Waals surface area contributed by atoms with Crippen molar-refractivity contribution in [3.63, 3.8) is 0 Å². The largest absolute Gasteiger partial charge is 0.478 e. The van der Waals surface area contributed by atoms with Gasteiger partial charge in [-0.3, -0.25) is 0 Å². The Morgan fingerprint density at radius 3 is 2.78 bits per heavy atom. The maximum Gasteiger partial charge on any atom is 0.221 e. The minimum atomic E-state index is 0.595. The molecular weight excluding hydrogens is 234 g/mol. The number of methoxy groups -OCH3 is 1. The second-order valence-electron chi connectivity index (χ2n) is 3.62. The minimum absolute atomic E-state index is 0.595. The van der Waals surface area contributed by atoms with Crippen molar-refractivity contribution < 1.29 is 14.2 Å². The highest BCUT2D eigenvalue weighted by Gasteiger charge is 2.06. The Morgan fingerprint density at radius 2 is 2.06 bits per heavy atom. The molecule has 0 aliphatic carbocycles. The van der Waals surface area contributed by atoms with Crippen LogP contribution in [0.1, 0.15) is 12.5 Å². The van der Waals surface area contributed by atoms with Crippen molar-refractivity contribution in [2.75, 3.05) is 45.4 Å². The van der Waals surface area contributed by atoms with E-state index in [4.69, 9.17) is 14.2 Å². The highest BCUT2D eigenvalue weighted by atomic mass is 16.5. The lowest BCUT2D eigenvalue weighted by Gasteiger charge is -2.11. The molecule has 1 rings (SSSR count). The number of rotatable bonds is 9. The monoisotopic (exact) mass is 255 g/mol. The van der Waals surface area contributed by atoms with E-state index in [-0.39, 0.29) is 0 Å². The van der Waals surface area contributed by atoms with E-state index in [1.807, 2.05) is 13.8 Å². The molecule has 0 aliphatic rings. The molecule has 0 fully saturated rings. The molecular formula is C12H21N3O3. The average molecular weight is 255 g/mol. The second-order valence-corrected chi connectivity index (χ2v) is 3.62. The molecule has 0 aliphatic heterocycles. The third kappa shape index (κ3) is 4.85. The molecule has 102 valence electrons. The van der Waals surface area contributed by atoms with E-state index in [1.54, 1.807) is 7.11 Å². The van der Waals surface area contributed by atoms with Crippen LogP contribution in [0.4, 0.5) is 5.82 Å². The first-order valence-corrected chi connectivity index (χ1v) is 6.04. The number of hydrogen-bond acceptors (Lipinski definition) is 6. The van der Waals surface area contributed by atoms with Crippen LogP contribution in [0.5, 0.6) is 5.88 Å². The van der Waals surface area contributed by atoms with Crippen LogP contribution < -0.4 is 10.1 Å². The quantitative estimate of drug-likeness (QED) is 0.670. The SMILES string of the molecule is CCOc1ncnc(NCCOCCOC)c1C. The molecule has 18 heavy (non-hydrogen) atoms. The number of ether oxygens (including phenoxy) is 3. The van der Waals surface area contributed by atoms with Crippen LogP contribution in [0, 0.1) is 6.92 Å². The van der Waals surface area contributed by atoms with Crippen molar-refractivity contribution in [2.24, 2.45) is 0 Å². The molecule has 1 aromatic heterocycles. The molecule has 0 radical (unpaired) electrons. The second kappa shape index (κ2) is 8.66. The Kier molecular flexibility index (Phi) is 7.05. The van der Waals surface area contributed by atoms with E-state index in [0.29, 0.717) is 38.9 Å². The van der Waals surface area contributed by atoms with Gasteiger partial charge in [0, 0.05) is 13.7 Å². The first-order chi connectivity index (χ1) is 8.79. The Balaban J connectivity index is 2.35. The molecule has 0 saturated heterocycles. The molecule has 1 aromatic rings. The molecule has 0 aromatic carbocycles. The topological polar surface area (TPSA) is 65.5 Å². The first-order valence-electron chi connectivity index (χ1n) is 6.04. The van der Waals surface area contributed by atoms with E-state index in [9.17, 15) is 0 Å². The summed E-state index contributed by atoms with van der Waals surface area (Å²) in [6.07, 6.45) is 1.49. The van der Waals surface area contributed by atoms with Gasteiger partial charge in [-0.1, -0.05) is 0 Å². The van der Waals surface area contributed by atoms with E-state index in [2.05, 4.69) is 15.3 Å². The fourth-order valence-corrected chi connectivity index (χ4v) is 1.38. The summed E-state index contributed by atoms with van der Waals surface area (Å²) in [7, 11) is 1.65. The summed E-state index contributed by atoms with van der Waals surface area (Å²) in [5, 5.41) is 3.19. The van der Waals surface area contributed by atoms with Crippen LogP contribution in [-0.2, 0) is 9.47 Å². The van der Waals surface area contributed by atoms with Crippen molar-refractivity contribution in [1.82, 2.24) is 9.97 Å². The Hall–Kier alpha value is -1.40. The third-order valence-electron chi connectivity index (χ3n) is 2.29. The van der Waals surface area contributed by atoms with Crippen LogP contribution in [0.2, 0.25) is 0 Å². The molecule has 0 unspecified atom stereocenters.